The molecule has 0 aromatic heterocycles. The third kappa shape index (κ3) is 2.78. The monoisotopic (exact) mass is 332 g/mol. The van der Waals surface area contributed by atoms with E-state index in [0.717, 1.165) is 32.7 Å². The molecule has 0 aromatic carbocycles. The van der Waals surface area contributed by atoms with E-state index < -0.39 is 0 Å². The summed E-state index contributed by atoms with van der Waals surface area (Å²) in [5.74, 6) is 1.16. The molecule has 0 bridgehead atoms. The van der Waals surface area contributed by atoms with Gasteiger partial charge in [0.25, 0.3) is 0 Å². The molecule has 5 nitrogen and oxygen atoms in total. The van der Waals surface area contributed by atoms with Crippen LogP contribution in [0, 0.1) is 29.1 Å². The summed E-state index contributed by atoms with van der Waals surface area (Å²) in [6.45, 7) is 8.36. The summed E-state index contributed by atoms with van der Waals surface area (Å²) in [7, 11) is 0. The molecule has 6 atom stereocenters. The Hall–Kier alpha value is -0.670. The number of ether oxygens (including phenoxy) is 1. The Labute approximate surface area is 146 Å². The molecule has 24 heavy (non-hydrogen) atoms. The van der Waals surface area contributed by atoms with Gasteiger partial charge in [0.1, 0.15) is 0 Å². The van der Waals surface area contributed by atoms with E-state index in [1.165, 1.54) is 25.7 Å². The molecule has 0 amide bonds. The van der Waals surface area contributed by atoms with Gasteiger partial charge in [-0.3, -0.25) is 15.1 Å². The maximum absolute atomic E-state index is 9.94. The number of nitrogens with zero attached hydrogens (tertiary/aromatic N) is 3. The molecule has 3 heterocycles. The summed E-state index contributed by atoms with van der Waals surface area (Å²) in [6, 6.07) is 3.91. The fourth-order valence-electron chi connectivity index (χ4n) is 5.68. The number of nitriles is 1. The lowest BCUT2D eigenvalue weighted by molar-refractivity contribution is -0.101. The minimum Gasteiger partial charge on any atom is -0.379 e. The number of piperidine rings is 1. The van der Waals surface area contributed by atoms with Crippen molar-refractivity contribution in [1.82, 2.24) is 15.1 Å². The van der Waals surface area contributed by atoms with Gasteiger partial charge in [0, 0.05) is 25.2 Å². The molecule has 1 aliphatic carbocycles. The topological polar surface area (TPSA) is 51.5 Å². The van der Waals surface area contributed by atoms with Crippen LogP contribution in [-0.2, 0) is 4.74 Å². The Morgan fingerprint density at radius 2 is 1.92 bits per heavy atom. The van der Waals surface area contributed by atoms with Crippen LogP contribution < -0.4 is 5.32 Å². The molecule has 5 heteroatoms. The normalized spacial score (nSPS) is 44.1. The van der Waals surface area contributed by atoms with Crippen LogP contribution in [-0.4, -0.2) is 60.5 Å². The Morgan fingerprint density at radius 1 is 1.17 bits per heavy atom. The Bertz CT molecular complexity index is 484. The first-order valence-corrected chi connectivity index (χ1v) is 9.95. The van der Waals surface area contributed by atoms with Crippen molar-refractivity contribution in [2.24, 2.45) is 17.8 Å². The quantitative estimate of drug-likeness (QED) is 0.838. The highest BCUT2D eigenvalue weighted by molar-refractivity contribution is 5.11. The lowest BCUT2D eigenvalue weighted by Crippen LogP contribution is -2.63. The van der Waals surface area contributed by atoms with Gasteiger partial charge < -0.3 is 4.74 Å². The predicted octanol–water partition coefficient (Wildman–Crippen LogP) is 2.00. The highest BCUT2D eigenvalue weighted by Gasteiger charge is 2.54. The number of nitrogens with one attached hydrogen (secondary N) is 1. The van der Waals surface area contributed by atoms with Crippen LogP contribution in [0.4, 0.5) is 0 Å². The molecule has 1 saturated carbocycles. The van der Waals surface area contributed by atoms with E-state index in [9.17, 15) is 5.26 Å². The summed E-state index contributed by atoms with van der Waals surface area (Å²) < 4.78 is 5.60. The van der Waals surface area contributed by atoms with Crippen molar-refractivity contribution in [2.45, 2.75) is 70.4 Å². The summed E-state index contributed by atoms with van der Waals surface area (Å²) in [6.07, 6.45) is 7.11. The molecule has 0 radical (unpaired) electrons. The largest absolute Gasteiger partial charge is 0.379 e. The minimum absolute atomic E-state index is 0.118. The van der Waals surface area contributed by atoms with Crippen molar-refractivity contribution < 1.29 is 4.74 Å². The van der Waals surface area contributed by atoms with Gasteiger partial charge in [0.2, 0.25) is 0 Å². The molecular weight excluding hydrogens is 300 g/mol. The Morgan fingerprint density at radius 3 is 2.62 bits per heavy atom. The van der Waals surface area contributed by atoms with Crippen LogP contribution in [0.2, 0.25) is 0 Å². The zero-order chi connectivity index (χ0) is 16.7. The molecule has 3 aliphatic heterocycles. The molecule has 4 rings (SSSR count). The summed E-state index contributed by atoms with van der Waals surface area (Å²) in [5, 5.41) is 13.8. The first kappa shape index (κ1) is 16.8. The van der Waals surface area contributed by atoms with E-state index in [1.54, 1.807) is 0 Å². The van der Waals surface area contributed by atoms with Crippen LogP contribution in [0.25, 0.3) is 0 Å². The lowest BCUT2D eigenvalue weighted by Gasteiger charge is -2.52. The fourth-order valence-corrected chi connectivity index (χ4v) is 5.68. The van der Waals surface area contributed by atoms with Crippen LogP contribution in [0.3, 0.4) is 0 Å². The Kier molecular flexibility index (Phi) is 4.83. The van der Waals surface area contributed by atoms with E-state index in [2.05, 4.69) is 35.0 Å². The smallest absolute Gasteiger partial charge is 0.0782 e. The zero-order valence-electron chi connectivity index (χ0n) is 15.2. The molecule has 0 spiro atoms. The molecule has 134 valence electrons. The van der Waals surface area contributed by atoms with Gasteiger partial charge in [0.15, 0.2) is 0 Å². The maximum Gasteiger partial charge on any atom is 0.0782 e. The van der Waals surface area contributed by atoms with Gasteiger partial charge >= 0.3 is 0 Å². The average Bonchev–Trinajstić information content (AvgIpc) is 3.00. The maximum atomic E-state index is 9.94. The van der Waals surface area contributed by atoms with Gasteiger partial charge in [-0.15, -0.1) is 0 Å². The van der Waals surface area contributed by atoms with Crippen molar-refractivity contribution in [2.75, 3.05) is 26.3 Å². The average molecular weight is 332 g/mol. The van der Waals surface area contributed by atoms with Crippen LogP contribution in [0.5, 0.6) is 0 Å². The zero-order valence-corrected chi connectivity index (χ0v) is 15.2. The van der Waals surface area contributed by atoms with Gasteiger partial charge in [0.05, 0.1) is 37.5 Å². The SMILES string of the molecule is CC(C)C1CC(N2CCOCC2)N2C3CCCCC3NC2C1C#N. The summed E-state index contributed by atoms with van der Waals surface area (Å²) in [5.41, 5.74) is 0. The van der Waals surface area contributed by atoms with Gasteiger partial charge in [-0.25, -0.2) is 0 Å². The molecule has 4 aliphatic rings. The van der Waals surface area contributed by atoms with Gasteiger partial charge in [-0.1, -0.05) is 26.7 Å². The van der Waals surface area contributed by atoms with E-state index >= 15 is 0 Å². The van der Waals surface area contributed by atoms with Crippen molar-refractivity contribution in [3.8, 4) is 6.07 Å². The minimum atomic E-state index is 0.118. The highest BCUT2D eigenvalue weighted by Crippen LogP contribution is 2.44. The number of rotatable bonds is 2. The van der Waals surface area contributed by atoms with E-state index in [1.807, 2.05) is 0 Å². The van der Waals surface area contributed by atoms with Crippen molar-refractivity contribution in [3.63, 3.8) is 0 Å². The highest BCUT2D eigenvalue weighted by atomic mass is 16.5. The number of hydrogen-bond acceptors (Lipinski definition) is 5. The summed E-state index contributed by atoms with van der Waals surface area (Å²) >= 11 is 0. The number of fused-ring (bicyclic) bond motifs is 3. The molecule has 6 unspecified atom stereocenters. The van der Waals surface area contributed by atoms with Gasteiger partial charge in [-0.2, -0.15) is 5.26 Å². The second-order valence-electron chi connectivity index (χ2n) is 8.44. The second-order valence-corrected chi connectivity index (χ2v) is 8.44. The molecular formula is C19H32N4O. The van der Waals surface area contributed by atoms with Gasteiger partial charge in [-0.05, 0) is 31.1 Å². The molecule has 4 fully saturated rings. The number of hydrogen-bond donors (Lipinski definition) is 1. The third-order valence-corrected chi connectivity index (χ3v) is 6.92. The van der Waals surface area contributed by atoms with E-state index in [0.29, 0.717) is 30.1 Å². The lowest BCUT2D eigenvalue weighted by atomic mass is 9.75. The number of morpholine rings is 1. The summed E-state index contributed by atoms with van der Waals surface area (Å²) in [4.78, 5) is 5.36. The second kappa shape index (κ2) is 6.92. The van der Waals surface area contributed by atoms with Crippen LogP contribution in [0.15, 0.2) is 0 Å². The predicted molar refractivity (Wildman–Crippen MR) is 93.0 cm³/mol. The van der Waals surface area contributed by atoms with Crippen molar-refractivity contribution in [3.05, 3.63) is 0 Å². The first-order valence-electron chi connectivity index (χ1n) is 9.95. The molecule has 0 aromatic rings. The van der Waals surface area contributed by atoms with Crippen molar-refractivity contribution in [1.29, 1.82) is 5.26 Å². The van der Waals surface area contributed by atoms with Crippen molar-refractivity contribution >= 4 is 0 Å². The fraction of sp³-hybridized carbons (Fsp3) is 0.947. The first-order chi connectivity index (χ1) is 11.7. The molecule has 3 saturated heterocycles. The van der Waals surface area contributed by atoms with E-state index in [4.69, 9.17) is 4.74 Å². The molecule has 1 N–H and O–H groups in total. The third-order valence-electron chi connectivity index (χ3n) is 6.92. The van der Waals surface area contributed by atoms with E-state index in [-0.39, 0.29) is 12.1 Å². The van der Waals surface area contributed by atoms with Crippen LogP contribution >= 0.6 is 0 Å². The van der Waals surface area contributed by atoms with Crippen LogP contribution in [0.1, 0.15) is 46.0 Å². The standard InChI is InChI=1S/C19H32N4O/c1-13(2)14-11-18(22-7-9-24-10-8-22)23-17-6-4-3-5-16(17)21-19(23)15(14)12-20/h13-19,21H,3-11H2,1-2H3. The Balaban J connectivity index is 1.65.